The smallest absolute Gasteiger partial charge is 0.266 e. The first kappa shape index (κ1) is 8.68. The van der Waals surface area contributed by atoms with E-state index in [-0.39, 0.29) is 5.91 Å². The Morgan fingerprint density at radius 3 is 3.10 bits per heavy atom. The van der Waals surface area contributed by atoms with Crippen LogP contribution in [0.3, 0.4) is 0 Å². The highest BCUT2D eigenvalue weighted by atomic mass is 16.6. The molecule has 4 heteroatoms. The van der Waals surface area contributed by atoms with Crippen molar-refractivity contribution in [2.24, 2.45) is 5.16 Å². The van der Waals surface area contributed by atoms with Gasteiger partial charge < -0.3 is 10.2 Å². The van der Waals surface area contributed by atoms with Crippen LogP contribution in [0.1, 0.15) is 0 Å². The molecule has 0 aliphatic rings. The van der Waals surface area contributed by atoms with E-state index in [0.717, 1.165) is 6.21 Å². The highest BCUT2D eigenvalue weighted by Crippen LogP contribution is 1.65. The van der Waals surface area contributed by atoms with Gasteiger partial charge in [0.15, 0.2) is 0 Å². The summed E-state index contributed by atoms with van der Waals surface area (Å²) in [5, 5.41) is 5.73. The van der Waals surface area contributed by atoms with E-state index in [1.54, 1.807) is 6.08 Å². The molecule has 0 atom stereocenters. The van der Waals surface area contributed by atoms with E-state index in [1.807, 2.05) is 0 Å². The lowest BCUT2D eigenvalue weighted by atomic mass is 10.6. The molecule has 56 valence electrons. The maximum atomic E-state index is 10.6. The van der Waals surface area contributed by atoms with Crippen molar-refractivity contribution >= 4 is 12.1 Å². The van der Waals surface area contributed by atoms with E-state index in [9.17, 15) is 4.79 Å². The van der Waals surface area contributed by atoms with Crippen molar-refractivity contribution in [2.45, 2.75) is 0 Å². The zero-order chi connectivity index (χ0) is 7.82. The SMILES string of the molecule is C=CCNC(=O)/C=N/OC. The van der Waals surface area contributed by atoms with Gasteiger partial charge in [0.25, 0.3) is 5.91 Å². The lowest BCUT2D eigenvalue weighted by molar-refractivity contribution is -0.114. The molecule has 10 heavy (non-hydrogen) atoms. The molecule has 0 aliphatic carbocycles. The summed E-state index contributed by atoms with van der Waals surface area (Å²) in [5.74, 6) is -0.290. The van der Waals surface area contributed by atoms with Crippen molar-refractivity contribution in [3.63, 3.8) is 0 Å². The number of nitrogens with zero attached hydrogens (tertiary/aromatic N) is 1. The first-order valence-corrected chi connectivity index (χ1v) is 2.76. The van der Waals surface area contributed by atoms with Gasteiger partial charge in [0.1, 0.15) is 13.3 Å². The van der Waals surface area contributed by atoms with Crippen LogP contribution < -0.4 is 5.32 Å². The van der Waals surface area contributed by atoms with Gasteiger partial charge in [-0.1, -0.05) is 11.2 Å². The van der Waals surface area contributed by atoms with Crippen LogP contribution in [0.25, 0.3) is 0 Å². The first-order chi connectivity index (χ1) is 4.81. The zero-order valence-corrected chi connectivity index (χ0v) is 5.83. The fraction of sp³-hybridized carbons (Fsp3) is 0.333. The molecule has 0 rings (SSSR count). The van der Waals surface area contributed by atoms with Crippen LogP contribution in [0.5, 0.6) is 0 Å². The van der Waals surface area contributed by atoms with Gasteiger partial charge in [-0.05, 0) is 0 Å². The maximum Gasteiger partial charge on any atom is 0.266 e. The molecule has 0 unspecified atom stereocenters. The molecule has 0 aromatic rings. The summed E-state index contributed by atoms with van der Waals surface area (Å²) in [4.78, 5) is 14.8. The largest absolute Gasteiger partial charge is 0.399 e. The van der Waals surface area contributed by atoms with Crippen molar-refractivity contribution in [3.8, 4) is 0 Å². The molecule has 0 bridgehead atoms. The minimum atomic E-state index is -0.290. The lowest BCUT2D eigenvalue weighted by Crippen LogP contribution is -2.23. The summed E-state index contributed by atoms with van der Waals surface area (Å²) in [6.07, 6.45) is 2.64. The Labute approximate surface area is 59.5 Å². The summed E-state index contributed by atoms with van der Waals surface area (Å²) in [6.45, 7) is 3.86. The molecule has 1 amide bonds. The van der Waals surface area contributed by atoms with Crippen LogP contribution in [-0.2, 0) is 9.63 Å². The van der Waals surface area contributed by atoms with E-state index in [4.69, 9.17) is 0 Å². The lowest BCUT2D eigenvalue weighted by Gasteiger charge is -1.92. The summed E-state index contributed by atoms with van der Waals surface area (Å²) < 4.78 is 0. The molecule has 0 aromatic heterocycles. The van der Waals surface area contributed by atoms with Gasteiger partial charge in [0.05, 0.1) is 0 Å². The van der Waals surface area contributed by atoms with Gasteiger partial charge in [0.2, 0.25) is 0 Å². The molecular formula is C6H10N2O2. The van der Waals surface area contributed by atoms with Crippen LogP contribution in [0, 0.1) is 0 Å². The van der Waals surface area contributed by atoms with E-state index in [2.05, 4.69) is 21.9 Å². The molecule has 0 aromatic carbocycles. The topological polar surface area (TPSA) is 50.7 Å². The summed E-state index contributed by atoms with van der Waals surface area (Å²) in [7, 11) is 1.37. The highest BCUT2D eigenvalue weighted by molar-refractivity contribution is 6.26. The van der Waals surface area contributed by atoms with Crippen LogP contribution in [0.15, 0.2) is 17.8 Å². The number of hydrogen-bond donors (Lipinski definition) is 1. The summed E-state index contributed by atoms with van der Waals surface area (Å²) >= 11 is 0. The van der Waals surface area contributed by atoms with Gasteiger partial charge in [-0.3, -0.25) is 4.79 Å². The average Bonchev–Trinajstić information content (AvgIpc) is 1.97. The van der Waals surface area contributed by atoms with Crippen molar-refractivity contribution < 1.29 is 9.63 Å². The molecule has 0 heterocycles. The fourth-order valence-corrected chi connectivity index (χ4v) is 0.319. The van der Waals surface area contributed by atoms with Crippen molar-refractivity contribution in [2.75, 3.05) is 13.7 Å². The maximum absolute atomic E-state index is 10.6. The number of oxime groups is 1. The standard InChI is InChI=1S/C6H10N2O2/c1-3-4-7-6(9)5-8-10-2/h3,5H,1,4H2,2H3,(H,7,9)/b8-5+. The van der Waals surface area contributed by atoms with E-state index < -0.39 is 0 Å². The Balaban J connectivity index is 3.43. The Kier molecular flexibility index (Phi) is 5.04. The zero-order valence-electron chi connectivity index (χ0n) is 5.83. The Bertz CT molecular complexity index is 143. The number of hydrogen-bond acceptors (Lipinski definition) is 3. The molecular weight excluding hydrogens is 132 g/mol. The van der Waals surface area contributed by atoms with Gasteiger partial charge >= 0.3 is 0 Å². The quantitative estimate of drug-likeness (QED) is 0.339. The predicted octanol–water partition coefficient (Wildman–Crippen LogP) is -0.0792. The number of carbonyl (C=O) groups is 1. The molecule has 0 spiro atoms. The second-order valence-corrected chi connectivity index (χ2v) is 1.45. The highest BCUT2D eigenvalue weighted by Gasteiger charge is 1.90. The second-order valence-electron chi connectivity index (χ2n) is 1.45. The third-order valence-electron chi connectivity index (χ3n) is 0.696. The third kappa shape index (κ3) is 4.83. The number of nitrogens with one attached hydrogen (secondary N) is 1. The van der Waals surface area contributed by atoms with Gasteiger partial charge in [-0.25, -0.2) is 0 Å². The fourth-order valence-electron chi connectivity index (χ4n) is 0.319. The molecule has 4 nitrogen and oxygen atoms in total. The van der Waals surface area contributed by atoms with Crippen LogP contribution in [0.2, 0.25) is 0 Å². The van der Waals surface area contributed by atoms with Crippen molar-refractivity contribution in [1.29, 1.82) is 0 Å². The Morgan fingerprint density at radius 1 is 1.90 bits per heavy atom. The normalized spacial score (nSPS) is 9.30. The second kappa shape index (κ2) is 5.81. The van der Waals surface area contributed by atoms with E-state index in [1.165, 1.54) is 7.11 Å². The van der Waals surface area contributed by atoms with Crippen molar-refractivity contribution in [3.05, 3.63) is 12.7 Å². The minimum absolute atomic E-state index is 0.290. The Morgan fingerprint density at radius 2 is 2.60 bits per heavy atom. The van der Waals surface area contributed by atoms with Crippen LogP contribution >= 0.6 is 0 Å². The van der Waals surface area contributed by atoms with Crippen molar-refractivity contribution in [1.82, 2.24) is 5.32 Å². The molecule has 0 aliphatic heterocycles. The molecule has 1 N–H and O–H groups in total. The number of amides is 1. The van der Waals surface area contributed by atoms with Crippen LogP contribution in [0.4, 0.5) is 0 Å². The summed E-state index contributed by atoms with van der Waals surface area (Å²) in [6, 6.07) is 0. The predicted molar refractivity (Wildman–Crippen MR) is 38.7 cm³/mol. The monoisotopic (exact) mass is 142 g/mol. The first-order valence-electron chi connectivity index (χ1n) is 2.76. The van der Waals surface area contributed by atoms with E-state index in [0.29, 0.717) is 6.54 Å². The minimum Gasteiger partial charge on any atom is -0.399 e. The molecule has 0 saturated carbocycles. The van der Waals surface area contributed by atoms with Gasteiger partial charge in [-0.15, -0.1) is 6.58 Å². The van der Waals surface area contributed by atoms with Gasteiger partial charge in [-0.2, -0.15) is 0 Å². The van der Waals surface area contributed by atoms with Crippen LogP contribution in [-0.4, -0.2) is 25.8 Å². The third-order valence-corrected chi connectivity index (χ3v) is 0.696. The average molecular weight is 142 g/mol. The van der Waals surface area contributed by atoms with E-state index >= 15 is 0 Å². The molecule has 0 saturated heterocycles. The summed E-state index contributed by atoms with van der Waals surface area (Å²) in [5.41, 5.74) is 0. The Hall–Kier alpha value is -1.32. The molecule has 0 radical (unpaired) electrons. The van der Waals surface area contributed by atoms with Gasteiger partial charge in [0, 0.05) is 6.54 Å². The number of rotatable bonds is 4. The molecule has 0 fully saturated rings. The number of carbonyl (C=O) groups excluding carboxylic acids is 1.